The number of nitrogens with zero attached hydrogens (tertiary/aromatic N) is 2. The Morgan fingerprint density at radius 1 is 1.00 bits per heavy atom. The fraction of sp³-hybridized carbons (Fsp3) is 0.545. The van der Waals surface area contributed by atoms with Gasteiger partial charge >= 0.3 is 11.9 Å². The molecule has 7 nitrogen and oxygen atoms in total. The molecular formula is C33H44N2O5. The van der Waals surface area contributed by atoms with Crippen LogP contribution in [0.15, 0.2) is 54.6 Å². The molecule has 1 saturated heterocycles. The number of hydrogen-bond acceptors (Lipinski definition) is 6. The van der Waals surface area contributed by atoms with Crippen molar-refractivity contribution in [1.29, 1.82) is 0 Å². The van der Waals surface area contributed by atoms with E-state index >= 15 is 0 Å². The van der Waals surface area contributed by atoms with E-state index in [2.05, 4.69) is 42.3 Å². The first-order valence-electron chi connectivity index (χ1n) is 14.6. The molecule has 1 aliphatic carbocycles. The number of aryl methyl sites for hydroxylation is 1. The molecule has 0 N–H and O–H groups in total. The van der Waals surface area contributed by atoms with Gasteiger partial charge in [0.05, 0.1) is 0 Å². The predicted octanol–water partition coefficient (Wildman–Crippen LogP) is 5.16. The summed E-state index contributed by atoms with van der Waals surface area (Å²) in [5.74, 6) is 0.0712. The summed E-state index contributed by atoms with van der Waals surface area (Å²) in [6, 6.07) is 18.2. The van der Waals surface area contributed by atoms with E-state index in [4.69, 9.17) is 9.47 Å². The van der Waals surface area contributed by atoms with Crippen molar-refractivity contribution in [3.8, 4) is 5.75 Å². The molecule has 2 aromatic rings. The Labute approximate surface area is 238 Å². The maximum absolute atomic E-state index is 13.4. The highest BCUT2D eigenvalue weighted by atomic mass is 16.5. The third-order valence-electron chi connectivity index (χ3n) is 8.84. The van der Waals surface area contributed by atoms with E-state index in [1.165, 1.54) is 19.4 Å². The summed E-state index contributed by atoms with van der Waals surface area (Å²) in [5, 5.41) is 0. The van der Waals surface area contributed by atoms with Gasteiger partial charge in [0.2, 0.25) is 5.91 Å². The third kappa shape index (κ3) is 7.30. The molecule has 40 heavy (non-hydrogen) atoms. The van der Waals surface area contributed by atoms with Crippen molar-refractivity contribution in [3.05, 3.63) is 65.7 Å². The van der Waals surface area contributed by atoms with Crippen LogP contribution in [-0.2, 0) is 31.0 Å². The van der Waals surface area contributed by atoms with E-state index in [0.717, 1.165) is 57.2 Å². The zero-order valence-electron chi connectivity index (χ0n) is 24.4. The zero-order chi connectivity index (χ0) is 28.7. The lowest BCUT2D eigenvalue weighted by Gasteiger charge is -2.56. The second kappa shape index (κ2) is 13.4. The van der Waals surface area contributed by atoms with E-state index in [0.29, 0.717) is 18.6 Å². The van der Waals surface area contributed by atoms with Crippen molar-refractivity contribution in [2.75, 3.05) is 27.2 Å². The van der Waals surface area contributed by atoms with Crippen LogP contribution in [0.1, 0.15) is 69.9 Å². The van der Waals surface area contributed by atoms with E-state index in [9.17, 15) is 14.4 Å². The Hall–Kier alpha value is -3.19. The quantitative estimate of drug-likeness (QED) is 0.232. The monoisotopic (exact) mass is 548 g/mol. The van der Waals surface area contributed by atoms with Crippen LogP contribution in [0.2, 0.25) is 0 Å². The molecule has 1 saturated carbocycles. The zero-order valence-corrected chi connectivity index (χ0v) is 24.4. The fourth-order valence-electron chi connectivity index (χ4n) is 6.80. The van der Waals surface area contributed by atoms with Crippen molar-refractivity contribution < 1.29 is 23.9 Å². The summed E-state index contributed by atoms with van der Waals surface area (Å²) < 4.78 is 11.4. The number of ether oxygens (including phenoxy) is 2. The van der Waals surface area contributed by atoms with Gasteiger partial charge < -0.3 is 19.3 Å². The third-order valence-corrected chi connectivity index (χ3v) is 8.84. The first kappa shape index (κ1) is 29.8. The van der Waals surface area contributed by atoms with Crippen molar-refractivity contribution in [3.63, 3.8) is 0 Å². The van der Waals surface area contributed by atoms with Crippen LogP contribution >= 0.6 is 0 Å². The number of benzene rings is 2. The van der Waals surface area contributed by atoms with Crippen molar-refractivity contribution >= 4 is 17.8 Å². The van der Waals surface area contributed by atoms with Gasteiger partial charge in [0.1, 0.15) is 11.9 Å². The smallest absolute Gasteiger partial charge is 0.308 e. The SMILES string of the molecule is CC(=O)Oc1cccc([C@@]23CCN(C)C[C@H]2C(OC(C)=O)C[C@H](N(C)C(=O)CCCCCc2ccccc2)C3)c1. The molecule has 2 aromatic carbocycles. The van der Waals surface area contributed by atoms with Crippen LogP contribution in [0, 0.1) is 5.92 Å². The molecule has 1 unspecified atom stereocenters. The largest absolute Gasteiger partial charge is 0.462 e. The number of esters is 2. The van der Waals surface area contributed by atoms with Crippen LogP contribution < -0.4 is 4.74 Å². The highest BCUT2D eigenvalue weighted by Gasteiger charge is 2.54. The summed E-state index contributed by atoms with van der Waals surface area (Å²) in [6.45, 7) is 4.55. The molecule has 0 aromatic heterocycles. The minimum absolute atomic E-state index is 0.0572. The number of unbranched alkanes of at least 4 members (excludes halogenated alkanes) is 2. The molecule has 0 radical (unpaired) electrons. The number of carbonyl (C=O) groups is 3. The van der Waals surface area contributed by atoms with Crippen molar-refractivity contribution in [1.82, 2.24) is 9.80 Å². The maximum Gasteiger partial charge on any atom is 0.308 e. The Balaban J connectivity index is 1.50. The number of amides is 1. The molecule has 0 bridgehead atoms. The lowest BCUT2D eigenvalue weighted by atomic mass is 9.56. The summed E-state index contributed by atoms with van der Waals surface area (Å²) in [4.78, 5) is 41.5. The van der Waals surface area contributed by atoms with E-state index in [1.54, 1.807) is 6.07 Å². The molecule has 4 rings (SSSR count). The minimum atomic E-state index is -0.358. The number of likely N-dealkylation sites (tertiary alicyclic amines) is 1. The maximum atomic E-state index is 13.4. The molecular weight excluding hydrogens is 504 g/mol. The topological polar surface area (TPSA) is 76.2 Å². The summed E-state index contributed by atoms with van der Waals surface area (Å²) in [6.07, 6.45) is 6.45. The van der Waals surface area contributed by atoms with Gasteiger partial charge in [-0.25, -0.2) is 0 Å². The summed E-state index contributed by atoms with van der Waals surface area (Å²) in [7, 11) is 4.00. The Morgan fingerprint density at radius 2 is 1.77 bits per heavy atom. The molecule has 0 spiro atoms. The Kier molecular flexibility index (Phi) is 10.0. The standard InChI is InChI=1S/C33H44N2O5/c1-24(36)39-29-16-11-15-27(20-29)33-18-19-34(3)23-30(33)31(40-25(2)37)21-28(22-33)35(4)32(38)17-10-6-9-14-26-12-7-5-8-13-26/h5,7-8,11-13,15-16,20,28,30-31H,6,9-10,14,17-19,21-23H2,1-4H3/t28-,30-,31?,33-/m0/s1. The molecule has 1 amide bonds. The molecule has 2 aliphatic rings. The van der Waals surface area contributed by atoms with Gasteiger partial charge in [0.15, 0.2) is 0 Å². The van der Waals surface area contributed by atoms with Crippen LogP contribution in [0.3, 0.4) is 0 Å². The molecule has 216 valence electrons. The first-order valence-corrected chi connectivity index (χ1v) is 14.6. The van der Waals surface area contributed by atoms with Gasteiger partial charge in [-0.3, -0.25) is 14.4 Å². The highest BCUT2D eigenvalue weighted by molar-refractivity contribution is 5.76. The average molecular weight is 549 g/mol. The number of rotatable bonds is 10. The van der Waals surface area contributed by atoms with Crippen LogP contribution in [0.4, 0.5) is 0 Å². The summed E-state index contributed by atoms with van der Waals surface area (Å²) in [5.41, 5.74) is 2.10. The normalized spacial score (nSPS) is 24.6. The lowest BCUT2D eigenvalue weighted by molar-refractivity contribution is -0.160. The lowest BCUT2D eigenvalue weighted by Crippen LogP contribution is -2.61. The van der Waals surface area contributed by atoms with Gasteiger partial charge in [-0.1, -0.05) is 48.9 Å². The van der Waals surface area contributed by atoms with Crippen molar-refractivity contribution in [2.45, 2.75) is 82.8 Å². The highest BCUT2D eigenvalue weighted by Crippen LogP contribution is 2.51. The first-order chi connectivity index (χ1) is 19.2. The molecule has 7 heteroatoms. The van der Waals surface area contributed by atoms with Gasteiger partial charge in [-0.15, -0.1) is 0 Å². The molecule has 4 atom stereocenters. The predicted molar refractivity (Wildman–Crippen MR) is 155 cm³/mol. The van der Waals surface area contributed by atoms with Gasteiger partial charge in [0.25, 0.3) is 0 Å². The number of hydrogen-bond donors (Lipinski definition) is 0. The average Bonchev–Trinajstić information content (AvgIpc) is 2.92. The van der Waals surface area contributed by atoms with Crippen molar-refractivity contribution in [2.24, 2.45) is 5.92 Å². The van der Waals surface area contributed by atoms with E-state index in [1.807, 2.05) is 30.1 Å². The number of carbonyl (C=O) groups excluding carboxylic acids is 3. The minimum Gasteiger partial charge on any atom is -0.462 e. The van der Waals surface area contributed by atoms with Crippen LogP contribution in [-0.4, -0.2) is 67.0 Å². The molecule has 1 heterocycles. The number of piperidine rings is 1. The van der Waals surface area contributed by atoms with Gasteiger partial charge in [-0.2, -0.15) is 0 Å². The second-order valence-corrected chi connectivity index (χ2v) is 11.7. The van der Waals surface area contributed by atoms with E-state index in [-0.39, 0.29) is 41.3 Å². The summed E-state index contributed by atoms with van der Waals surface area (Å²) >= 11 is 0. The Bertz CT molecular complexity index is 1170. The Morgan fingerprint density at radius 3 is 2.50 bits per heavy atom. The van der Waals surface area contributed by atoms with Gasteiger partial charge in [-0.05, 0) is 69.0 Å². The van der Waals surface area contributed by atoms with Crippen LogP contribution in [0.25, 0.3) is 0 Å². The fourth-order valence-corrected chi connectivity index (χ4v) is 6.80. The second-order valence-electron chi connectivity index (χ2n) is 11.7. The molecule has 1 aliphatic heterocycles. The van der Waals surface area contributed by atoms with E-state index < -0.39 is 0 Å². The molecule has 2 fully saturated rings. The van der Waals surface area contributed by atoms with Crippen LogP contribution in [0.5, 0.6) is 5.75 Å². The van der Waals surface area contributed by atoms with Gasteiger partial charge in [0, 0.05) is 57.7 Å². The number of fused-ring (bicyclic) bond motifs is 1.